The highest BCUT2D eigenvalue weighted by atomic mass is 16.6. The molecule has 1 aromatic rings. The van der Waals surface area contributed by atoms with E-state index in [4.69, 9.17) is 14.5 Å². The Bertz CT molecular complexity index is 653. The van der Waals surface area contributed by atoms with Crippen molar-refractivity contribution in [2.24, 2.45) is 0 Å². The van der Waals surface area contributed by atoms with Crippen LogP contribution in [0.15, 0.2) is 12.1 Å². The summed E-state index contributed by atoms with van der Waals surface area (Å²) in [6.07, 6.45) is 2.57. The molecule has 0 aliphatic carbocycles. The molecule has 0 radical (unpaired) electrons. The quantitative estimate of drug-likeness (QED) is 0.821. The Labute approximate surface area is 161 Å². The average molecular weight is 377 g/mol. The van der Waals surface area contributed by atoms with Gasteiger partial charge in [0.05, 0.1) is 18.9 Å². The van der Waals surface area contributed by atoms with Gasteiger partial charge in [-0.25, -0.2) is 9.78 Å². The minimum Gasteiger partial charge on any atom is -0.444 e. The molecular formula is C20H31N3O4. The van der Waals surface area contributed by atoms with Gasteiger partial charge < -0.3 is 14.6 Å². The zero-order valence-electron chi connectivity index (χ0n) is 16.5. The third-order valence-electron chi connectivity index (χ3n) is 5.07. The van der Waals surface area contributed by atoms with E-state index in [0.29, 0.717) is 24.9 Å². The van der Waals surface area contributed by atoms with E-state index < -0.39 is 11.7 Å². The number of ether oxygens (including phenoxy) is 2. The lowest BCUT2D eigenvalue weighted by Crippen LogP contribution is -2.32. The van der Waals surface area contributed by atoms with Crippen LogP contribution in [-0.2, 0) is 16.0 Å². The van der Waals surface area contributed by atoms with Gasteiger partial charge in [0.1, 0.15) is 11.4 Å². The number of carbonyl (C=O) groups is 1. The van der Waals surface area contributed by atoms with Crippen molar-refractivity contribution in [1.29, 1.82) is 0 Å². The second-order valence-electron chi connectivity index (χ2n) is 8.37. The third kappa shape index (κ3) is 5.40. The van der Waals surface area contributed by atoms with Crippen molar-refractivity contribution in [2.45, 2.75) is 64.1 Å². The van der Waals surface area contributed by atoms with E-state index >= 15 is 0 Å². The van der Waals surface area contributed by atoms with E-state index in [2.05, 4.69) is 10.2 Å². The largest absolute Gasteiger partial charge is 0.444 e. The number of aliphatic hydroxyl groups is 1. The van der Waals surface area contributed by atoms with Crippen LogP contribution in [0.3, 0.4) is 0 Å². The average Bonchev–Trinajstić information content (AvgIpc) is 3.24. The molecule has 3 rings (SSSR count). The van der Waals surface area contributed by atoms with Gasteiger partial charge in [0.15, 0.2) is 0 Å². The van der Waals surface area contributed by atoms with Crippen molar-refractivity contribution in [3.63, 3.8) is 0 Å². The van der Waals surface area contributed by atoms with Gasteiger partial charge in [-0.15, -0.1) is 0 Å². The van der Waals surface area contributed by atoms with Gasteiger partial charge in [0.25, 0.3) is 0 Å². The lowest BCUT2D eigenvalue weighted by atomic mass is 9.96. The van der Waals surface area contributed by atoms with E-state index in [1.54, 1.807) is 0 Å². The molecule has 150 valence electrons. The highest BCUT2D eigenvalue weighted by molar-refractivity contribution is 5.83. The molecule has 2 fully saturated rings. The van der Waals surface area contributed by atoms with E-state index in [1.165, 1.54) is 5.56 Å². The van der Waals surface area contributed by atoms with E-state index in [-0.39, 0.29) is 12.6 Å². The number of hydrogen-bond donors (Lipinski definition) is 2. The number of likely N-dealkylation sites (tertiary alicyclic amines) is 1. The highest BCUT2D eigenvalue weighted by Gasteiger charge is 2.28. The number of aromatic nitrogens is 1. The number of anilines is 1. The van der Waals surface area contributed by atoms with Gasteiger partial charge in [-0.1, -0.05) is 6.07 Å². The molecule has 0 saturated carbocycles. The summed E-state index contributed by atoms with van der Waals surface area (Å²) < 4.78 is 10.9. The van der Waals surface area contributed by atoms with Crippen LogP contribution in [0, 0.1) is 0 Å². The van der Waals surface area contributed by atoms with Gasteiger partial charge >= 0.3 is 6.09 Å². The number of pyridine rings is 1. The Morgan fingerprint density at radius 3 is 2.89 bits per heavy atom. The first kappa shape index (κ1) is 20.0. The molecule has 2 atom stereocenters. The summed E-state index contributed by atoms with van der Waals surface area (Å²) >= 11 is 0. The number of amides is 1. The van der Waals surface area contributed by atoms with Crippen molar-refractivity contribution >= 4 is 11.9 Å². The molecule has 1 amide bonds. The molecule has 7 nitrogen and oxygen atoms in total. The van der Waals surface area contributed by atoms with Crippen LogP contribution in [0.25, 0.3) is 0 Å². The van der Waals surface area contributed by atoms with Crippen LogP contribution in [-0.4, -0.2) is 59.1 Å². The first-order valence-corrected chi connectivity index (χ1v) is 9.78. The Morgan fingerprint density at radius 1 is 1.41 bits per heavy atom. The summed E-state index contributed by atoms with van der Waals surface area (Å²) in [6.45, 7) is 8.75. The molecule has 2 saturated heterocycles. The van der Waals surface area contributed by atoms with Gasteiger partial charge in [0, 0.05) is 25.1 Å². The van der Waals surface area contributed by atoms with Crippen molar-refractivity contribution in [1.82, 2.24) is 9.88 Å². The predicted octanol–water partition coefficient (Wildman–Crippen LogP) is 2.89. The SMILES string of the molecule is CC(C)(C)OC(=O)Nc1ccc(C2CCOC2)c(CN2CCC[C@@H]2CO)n1. The number of carbonyl (C=O) groups excluding carboxylic acids is 1. The van der Waals surface area contributed by atoms with Crippen molar-refractivity contribution in [3.8, 4) is 0 Å². The molecule has 2 aliphatic rings. The van der Waals surface area contributed by atoms with E-state index in [0.717, 1.165) is 38.1 Å². The summed E-state index contributed by atoms with van der Waals surface area (Å²) in [5, 5.41) is 12.4. The van der Waals surface area contributed by atoms with Gasteiger partial charge in [-0.2, -0.15) is 0 Å². The normalized spacial score (nSPS) is 23.6. The fraction of sp³-hybridized carbons (Fsp3) is 0.700. The number of aliphatic hydroxyl groups excluding tert-OH is 1. The summed E-state index contributed by atoms with van der Waals surface area (Å²) in [7, 11) is 0. The molecule has 0 spiro atoms. The Kier molecular flexibility index (Phi) is 6.34. The standard InChI is InChI=1S/C20H31N3O4/c1-20(2,3)27-19(25)22-18-7-6-16(14-8-10-26-13-14)17(21-18)11-23-9-4-5-15(23)12-24/h6-7,14-15,24H,4-5,8-13H2,1-3H3,(H,21,22,25)/t14?,15-/m1/s1. The number of nitrogens with zero attached hydrogens (tertiary/aromatic N) is 2. The molecule has 1 unspecified atom stereocenters. The fourth-order valence-corrected chi connectivity index (χ4v) is 3.77. The number of hydrogen-bond acceptors (Lipinski definition) is 6. The van der Waals surface area contributed by atoms with Gasteiger partial charge in [-0.05, 0) is 58.2 Å². The number of nitrogens with one attached hydrogen (secondary N) is 1. The van der Waals surface area contributed by atoms with Crippen LogP contribution in [0.1, 0.15) is 57.2 Å². The Balaban J connectivity index is 1.79. The zero-order chi connectivity index (χ0) is 19.4. The first-order valence-electron chi connectivity index (χ1n) is 9.78. The van der Waals surface area contributed by atoms with Crippen LogP contribution in [0.4, 0.5) is 10.6 Å². The molecule has 1 aromatic heterocycles. The molecule has 0 bridgehead atoms. The monoisotopic (exact) mass is 377 g/mol. The summed E-state index contributed by atoms with van der Waals surface area (Å²) in [4.78, 5) is 19.1. The molecule has 3 heterocycles. The summed E-state index contributed by atoms with van der Waals surface area (Å²) in [6, 6.07) is 4.05. The second-order valence-corrected chi connectivity index (χ2v) is 8.37. The van der Waals surface area contributed by atoms with Gasteiger partial charge in [0.2, 0.25) is 0 Å². The maximum absolute atomic E-state index is 12.1. The van der Waals surface area contributed by atoms with Gasteiger partial charge in [-0.3, -0.25) is 10.2 Å². The van der Waals surface area contributed by atoms with Crippen LogP contribution in [0.5, 0.6) is 0 Å². The number of rotatable bonds is 5. The Hall–Kier alpha value is -1.70. The minimum atomic E-state index is -0.558. The fourth-order valence-electron chi connectivity index (χ4n) is 3.77. The topological polar surface area (TPSA) is 83.9 Å². The van der Waals surface area contributed by atoms with Crippen molar-refractivity contribution in [3.05, 3.63) is 23.4 Å². The predicted molar refractivity (Wildman–Crippen MR) is 103 cm³/mol. The maximum atomic E-state index is 12.1. The van der Waals surface area contributed by atoms with Crippen LogP contribution < -0.4 is 5.32 Å². The van der Waals surface area contributed by atoms with Crippen molar-refractivity contribution in [2.75, 3.05) is 31.7 Å². The lowest BCUT2D eigenvalue weighted by Gasteiger charge is -2.25. The molecule has 27 heavy (non-hydrogen) atoms. The molecular weight excluding hydrogens is 346 g/mol. The summed E-state index contributed by atoms with van der Waals surface area (Å²) in [5.74, 6) is 0.819. The minimum absolute atomic E-state index is 0.164. The molecule has 2 aliphatic heterocycles. The smallest absolute Gasteiger partial charge is 0.413 e. The lowest BCUT2D eigenvalue weighted by molar-refractivity contribution is 0.0635. The molecule has 7 heteroatoms. The van der Waals surface area contributed by atoms with Crippen molar-refractivity contribution < 1.29 is 19.4 Å². The molecule has 0 aromatic carbocycles. The second kappa shape index (κ2) is 8.54. The third-order valence-corrected chi connectivity index (χ3v) is 5.07. The van der Waals surface area contributed by atoms with E-state index in [9.17, 15) is 9.90 Å². The van der Waals surface area contributed by atoms with Crippen LogP contribution in [0.2, 0.25) is 0 Å². The zero-order valence-corrected chi connectivity index (χ0v) is 16.5. The molecule has 2 N–H and O–H groups in total. The first-order chi connectivity index (χ1) is 12.9. The van der Waals surface area contributed by atoms with E-state index in [1.807, 2.05) is 32.9 Å². The Morgan fingerprint density at radius 2 is 2.22 bits per heavy atom. The highest BCUT2D eigenvalue weighted by Crippen LogP contribution is 2.30. The summed E-state index contributed by atoms with van der Waals surface area (Å²) in [5.41, 5.74) is 1.56. The van der Waals surface area contributed by atoms with Crippen LogP contribution >= 0.6 is 0 Å². The maximum Gasteiger partial charge on any atom is 0.413 e.